The summed E-state index contributed by atoms with van der Waals surface area (Å²) in [6.07, 6.45) is 5.58. The summed E-state index contributed by atoms with van der Waals surface area (Å²) >= 11 is 0. The van der Waals surface area contributed by atoms with E-state index in [1.54, 1.807) is 0 Å². The Bertz CT molecular complexity index is 953. The van der Waals surface area contributed by atoms with E-state index in [1.165, 1.54) is 5.69 Å². The van der Waals surface area contributed by atoms with Crippen LogP contribution in [0, 0.1) is 11.8 Å². The summed E-state index contributed by atoms with van der Waals surface area (Å²) in [4.78, 5) is 32.2. The number of anilines is 1. The number of piperazine rings is 1. The molecule has 1 aromatic carbocycles. The third-order valence-corrected chi connectivity index (χ3v) is 7.80. The second-order valence-electron chi connectivity index (χ2n) is 10.1. The molecule has 0 unspecified atom stereocenters. The van der Waals surface area contributed by atoms with Crippen LogP contribution in [0.1, 0.15) is 18.4 Å². The number of piperidine rings is 1. The fraction of sp³-hybridized carbons (Fsp3) is 0.630. The molecule has 0 saturated carbocycles. The molecule has 0 aromatic heterocycles. The van der Waals surface area contributed by atoms with Crippen molar-refractivity contribution < 1.29 is 19.1 Å². The van der Waals surface area contributed by atoms with Gasteiger partial charge in [-0.2, -0.15) is 0 Å². The number of morpholine rings is 1. The minimum atomic E-state index is 0. The number of carbonyl (C=O) groups is 2. The molecule has 9 nitrogen and oxygen atoms in total. The van der Waals surface area contributed by atoms with Gasteiger partial charge in [-0.05, 0) is 36.5 Å². The van der Waals surface area contributed by atoms with Crippen LogP contribution >= 0.6 is 24.8 Å². The number of amides is 2. The molecule has 3 saturated heterocycles. The van der Waals surface area contributed by atoms with Crippen LogP contribution in [0.15, 0.2) is 30.4 Å². The molecule has 2 N–H and O–H groups in total. The summed E-state index contributed by atoms with van der Waals surface area (Å²) in [5.74, 6) is 1.54. The first kappa shape index (κ1) is 30.5. The summed E-state index contributed by atoms with van der Waals surface area (Å²) in [5.41, 5.74) is 2.26. The molecule has 2 amide bonds. The minimum Gasteiger partial charge on any atom is -0.489 e. The second-order valence-corrected chi connectivity index (χ2v) is 10.1. The van der Waals surface area contributed by atoms with Gasteiger partial charge >= 0.3 is 0 Å². The second kappa shape index (κ2) is 14.9. The van der Waals surface area contributed by atoms with Gasteiger partial charge in [0.25, 0.3) is 0 Å². The fourth-order valence-corrected chi connectivity index (χ4v) is 5.64. The first-order valence-electron chi connectivity index (χ1n) is 13.4. The maximum Gasteiger partial charge on any atom is 0.236 e. The highest BCUT2D eigenvalue weighted by atomic mass is 35.5. The lowest BCUT2D eigenvalue weighted by Gasteiger charge is -2.38. The lowest BCUT2D eigenvalue weighted by molar-refractivity contribution is -0.137. The number of hydrogen-bond acceptors (Lipinski definition) is 7. The van der Waals surface area contributed by atoms with Gasteiger partial charge in [0.15, 0.2) is 0 Å². The number of fused-ring (bicyclic) bond motifs is 3. The van der Waals surface area contributed by atoms with Gasteiger partial charge in [0.1, 0.15) is 12.4 Å². The molecule has 0 aliphatic carbocycles. The highest BCUT2D eigenvalue weighted by Gasteiger charge is 2.32. The number of carbonyl (C=O) groups excluding carboxylic acids is 2. The largest absolute Gasteiger partial charge is 0.489 e. The number of nitrogens with one attached hydrogen (secondary N) is 2. The van der Waals surface area contributed by atoms with Crippen molar-refractivity contribution in [1.29, 1.82) is 0 Å². The molecule has 5 rings (SSSR count). The van der Waals surface area contributed by atoms with Crippen LogP contribution < -0.4 is 20.3 Å². The zero-order valence-electron chi connectivity index (χ0n) is 21.9. The van der Waals surface area contributed by atoms with Crippen LogP contribution in [0.4, 0.5) is 5.69 Å². The summed E-state index contributed by atoms with van der Waals surface area (Å²) in [6.45, 7) is 9.22. The van der Waals surface area contributed by atoms with Gasteiger partial charge < -0.3 is 34.8 Å². The zero-order chi connectivity index (χ0) is 24.7. The quantitative estimate of drug-likeness (QED) is 0.536. The van der Waals surface area contributed by atoms with E-state index in [-0.39, 0.29) is 48.5 Å². The van der Waals surface area contributed by atoms with Crippen LogP contribution in [-0.2, 0) is 20.9 Å². The first-order valence-corrected chi connectivity index (χ1v) is 13.4. The molecule has 38 heavy (non-hydrogen) atoms. The number of benzene rings is 1. The molecule has 2 bridgehead atoms. The Balaban J connectivity index is 0.00000200. The van der Waals surface area contributed by atoms with Crippen LogP contribution in [-0.4, -0.2) is 100 Å². The van der Waals surface area contributed by atoms with Crippen molar-refractivity contribution in [2.75, 3.05) is 83.6 Å². The SMILES string of the molecule is Cl.Cl.O=C(C[C@@H]1CCN2C[C@@H]1C=CCOc1ccc(N3CCNCC3)cc1CNCC2=O)N1CCOCC1. The molecule has 0 spiro atoms. The Morgan fingerprint density at radius 3 is 2.55 bits per heavy atom. The molecule has 4 aliphatic rings. The molecule has 1 aromatic rings. The predicted octanol–water partition coefficient (Wildman–Crippen LogP) is 1.69. The molecular formula is C27H41Cl2N5O4. The molecular weight excluding hydrogens is 529 g/mol. The van der Waals surface area contributed by atoms with Crippen molar-refractivity contribution in [3.63, 3.8) is 0 Å². The summed E-state index contributed by atoms with van der Waals surface area (Å²) < 4.78 is 11.6. The van der Waals surface area contributed by atoms with Gasteiger partial charge in [0.05, 0.1) is 19.8 Å². The van der Waals surface area contributed by atoms with Gasteiger partial charge in [0.2, 0.25) is 11.8 Å². The van der Waals surface area contributed by atoms with Gasteiger partial charge in [-0.25, -0.2) is 0 Å². The Morgan fingerprint density at radius 1 is 0.974 bits per heavy atom. The van der Waals surface area contributed by atoms with Crippen molar-refractivity contribution in [2.45, 2.75) is 19.4 Å². The average molecular weight is 571 g/mol. The Hall–Kier alpha value is -2.04. The Labute approximate surface area is 238 Å². The monoisotopic (exact) mass is 569 g/mol. The molecule has 3 fully saturated rings. The third kappa shape index (κ3) is 7.76. The number of rotatable bonds is 3. The van der Waals surface area contributed by atoms with Crippen molar-refractivity contribution in [3.8, 4) is 5.75 Å². The van der Waals surface area contributed by atoms with Gasteiger partial charge in [-0.1, -0.05) is 12.2 Å². The first-order chi connectivity index (χ1) is 17.7. The van der Waals surface area contributed by atoms with Gasteiger partial charge in [-0.15, -0.1) is 24.8 Å². The highest BCUT2D eigenvalue weighted by molar-refractivity contribution is 5.85. The fourth-order valence-electron chi connectivity index (χ4n) is 5.64. The molecule has 212 valence electrons. The summed E-state index contributed by atoms with van der Waals surface area (Å²) in [7, 11) is 0. The van der Waals surface area contributed by atoms with Gasteiger partial charge in [-0.3, -0.25) is 9.59 Å². The van der Waals surface area contributed by atoms with Crippen molar-refractivity contribution in [3.05, 3.63) is 35.9 Å². The van der Waals surface area contributed by atoms with E-state index in [4.69, 9.17) is 9.47 Å². The summed E-state index contributed by atoms with van der Waals surface area (Å²) in [5, 5.41) is 6.75. The van der Waals surface area contributed by atoms with Crippen LogP contribution in [0.3, 0.4) is 0 Å². The smallest absolute Gasteiger partial charge is 0.236 e. The van der Waals surface area contributed by atoms with Crippen LogP contribution in [0.25, 0.3) is 0 Å². The van der Waals surface area contributed by atoms with E-state index in [1.807, 2.05) is 9.80 Å². The van der Waals surface area contributed by atoms with Crippen LogP contribution in [0.2, 0.25) is 0 Å². The maximum absolute atomic E-state index is 13.0. The maximum atomic E-state index is 13.0. The molecule has 0 radical (unpaired) electrons. The van der Waals surface area contributed by atoms with E-state index < -0.39 is 0 Å². The lowest BCUT2D eigenvalue weighted by Crippen LogP contribution is -2.48. The van der Waals surface area contributed by atoms with E-state index in [0.717, 1.165) is 43.9 Å². The average Bonchev–Trinajstić information content (AvgIpc) is 2.93. The van der Waals surface area contributed by atoms with E-state index in [9.17, 15) is 9.59 Å². The van der Waals surface area contributed by atoms with Crippen LogP contribution in [0.5, 0.6) is 5.75 Å². The lowest BCUT2D eigenvalue weighted by atomic mass is 9.82. The molecule has 2 atom stereocenters. The van der Waals surface area contributed by atoms with Crippen molar-refractivity contribution >= 4 is 42.3 Å². The van der Waals surface area contributed by atoms with E-state index in [0.29, 0.717) is 65.5 Å². The molecule has 11 heteroatoms. The van der Waals surface area contributed by atoms with Crippen molar-refractivity contribution in [2.24, 2.45) is 11.8 Å². The minimum absolute atomic E-state index is 0. The summed E-state index contributed by atoms with van der Waals surface area (Å²) in [6, 6.07) is 6.37. The Kier molecular flexibility index (Phi) is 12.0. The zero-order valence-corrected chi connectivity index (χ0v) is 23.6. The predicted molar refractivity (Wildman–Crippen MR) is 153 cm³/mol. The number of nitrogens with zero attached hydrogens (tertiary/aromatic N) is 3. The number of hydrogen-bond donors (Lipinski definition) is 2. The van der Waals surface area contributed by atoms with E-state index in [2.05, 4.69) is 45.9 Å². The Morgan fingerprint density at radius 2 is 1.76 bits per heavy atom. The normalized spacial score (nSPS) is 24.4. The topological polar surface area (TPSA) is 86.4 Å². The van der Waals surface area contributed by atoms with Crippen molar-refractivity contribution in [1.82, 2.24) is 20.4 Å². The van der Waals surface area contributed by atoms with E-state index >= 15 is 0 Å². The van der Waals surface area contributed by atoms with Gasteiger partial charge in [0, 0.05) is 76.6 Å². The third-order valence-electron chi connectivity index (χ3n) is 7.80. The highest BCUT2D eigenvalue weighted by Crippen LogP contribution is 2.30. The standard InChI is InChI=1S/C27H39N5O4.2ClH/c33-26(31-11-14-35-15-12-31)17-21-5-8-32-20-22(21)2-1-13-36-25-4-3-24(30-9-6-28-7-10-30)16-23(25)18-29-19-27(32)34;;/h1-4,16,21-22,28-29H,5-15,17-20H2;2*1H/t21-,22-;;/m0../s1. The number of ether oxygens (including phenoxy) is 2. The molecule has 4 aliphatic heterocycles. The number of halogens is 2. The molecule has 4 heterocycles.